The first-order chi connectivity index (χ1) is 19.6. The number of hydrogen-bond acceptors (Lipinski definition) is 1. The third-order valence-electron chi connectivity index (χ3n) is 8.97. The van der Waals surface area contributed by atoms with Crippen LogP contribution in [-0.4, -0.2) is 0 Å². The normalized spacial score (nSPS) is 13.5. The molecule has 0 nitrogen and oxygen atoms in total. The molecule has 1 heteroatoms. The first-order valence-corrected chi connectivity index (χ1v) is 15.1. The van der Waals surface area contributed by atoms with Crippen molar-refractivity contribution in [2.24, 2.45) is 0 Å². The standard InChI is InChI=1S/C39H34S/c1-3-20-39(21-4-2)37-23-28(32-15-9-12-26-10-5-7-13-31(26)32)16-18-34(37)35-19-17-29(24-38(35)39)36-25-30(40)22-27-11-6-8-14-33(27)36/h5-19,22-25,40H,3-4,20-21H2,1-2H3. The maximum atomic E-state index is 4.77. The third-order valence-corrected chi connectivity index (χ3v) is 9.23. The molecule has 0 saturated heterocycles. The second-order valence-corrected chi connectivity index (χ2v) is 11.9. The van der Waals surface area contributed by atoms with Crippen LogP contribution in [0.4, 0.5) is 0 Å². The average Bonchev–Trinajstić information content (AvgIpc) is 3.25. The zero-order valence-corrected chi connectivity index (χ0v) is 24.1. The molecule has 0 atom stereocenters. The van der Waals surface area contributed by atoms with E-state index >= 15 is 0 Å². The predicted octanol–water partition coefficient (Wildman–Crippen LogP) is 11.5. The molecule has 6 aromatic carbocycles. The zero-order valence-electron chi connectivity index (χ0n) is 23.2. The van der Waals surface area contributed by atoms with Crippen LogP contribution in [0.25, 0.3) is 54.9 Å². The van der Waals surface area contributed by atoms with E-state index in [1.807, 2.05) is 0 Å². The first-order valence-electron chi connectivity index (χ1n) is 14.6. The molecule has 0 N–H and O–H groups in total. The van der Waals surface area contributed by atoms with E-state index in [9.17, 15) is 0 Å². The summed E-state index contributed by atoms with van der Waals surface area (Å²) in [6.45, 7) is 4.68. The van der Waals surface area contributed by atoms with E-state index in [0.29, 0.717) is 0 Å². The van der Waals surface area contributed by atoms with Gasteiger partial charge in [-0.1, -0.05) is 118 Å². The number of thiol groups is 1. The predicted molar refractivity (Wildman–Crippen MR) is 176 cm³/mol. The van der Waals surface area contributed by atoms with Gasteiger partial charge in [-0.3, -0.25) is 0 Å². The summed E-state index contributed by atoms with van der Waals surface area (Å²) in [6.07, 6.45) is 4.60. The smallest absolute Gasteiger partial charge is 0.0215 e. The molecule has 1 aliphatic carbocycles. The van der Waals surface area contributed by atoms with Gasteiger partial charge in [-0.2, -0.15) is 0 Å². The molecule has 0 unspecified atom stereocenters. The topological polar surface area (TPSA) is 0 Å². The van der Waals surface area contributed by atoms with Gasteiger partial charge in [0.25, 0.3) is 0 Å². The molecule has 40 heavy (non-hydrogen) atoms. The van der Waals surface area contributed by atoms with Gasteiger partial charge in [0.1, 0.15) is 0 Å². The van der Waals surface area contributed by atoms with Crippen molar-refractivity contribution in [3.63, 3.8) is 0 Å². The number of fused-ring (bicyclic) bond motifs is 5. The molecule has 196 valence electrons. The van der Waals surface area contributed by atoms with Crippen molar-refractivity contribution in [2.45, 2.75) is 49.8 Å². The van der Waals surface area contributed by atoms with Crippen molar-refractivity contribution < 1.29 is 0 Å². The van der Waals surface area contributed by atoms with Gasteiger partial charge in [0.05, 0.1) is 0 Å². The van der Waals surface area contributed by atoms with Gasteiger partial charge in [-0.15, -0.1) is 12.6 Å². The van der Waals surface area contributed by atoms with Crippen molar-refractivity contribution in [1.29, 1.82) is 0 Å². The molecule has 1 aliphatic rings. The lowest BCUT2D eigenvalue weighted by Gasteiger charge is -2.32. The lowest BCUT2D eigenvalue weighted by atomic mass is 9.70. The molecule has 7 rings (SSSR count). The van der Waals surface area contributed by atoms with E-state index in [0.717, 1.165) is 30.6 Å². The molecule has 0 amide bonds. The highest BCUT2D eigenvalue weighted by Gasteiger charge is 2.42. The number of hydrogen-bond donors (Lipinski definition) is 1. The van der Waals surface area contributed by atoms with Crippen LogP contribution in [0.15, 0.2) is 120 Å². The molecule has 0 fully saturated rings. The van der Waals surface area contributed by atoms with Crippen LogP contribution in [0, 0.1) is 0 Å². The minimum absolute atomic E-state index is 0.0130. The summed E-state index contributed by atoms with van der Waals surface area (Å²) in [5, 5.41) is 5.13. The summed E-state index contributed by atoms with van der Waals surface area (Å²) < 4.78 is 0. The number of benzene rings is 6. The van der Waals surface area contributed by atoms with Crippen LogP contribution in [0.2, 0.25) is 0 Å². The van der Waals surface area contributed by atoms with E-state index in [1.54, 1.807) is 0 Å². The number of rotatable bonds is 6. The summed E-state index contributed by atoms with van der Waals surface area (Å²) in [5.41, 5.74) is 11.0. The second kappa shape index (κ2) is 9.98. The Kier molecular flexibility index (Phi) is 6.28. The van der Waals surface area contributed by atoms with E-state index in [-0.39, 0.29) is 5.41 Å². The molecule has 0 saturated carbocycles. The Bertz CT molecular complexity index is 1880. The van der Waals surface area contributed by atoms with Gasteiger partial charge >= 0.3 is 0 Å². The molecule has 0 radical (unpaired) electrons. The molecule has 6 aromatic rings. The summed E-state index contributed by atoms with van der Waals surface area (Å²) in [7, 11) is 0. The Morgan fingerprint density at radius 2 is 1.05 bits per heavy atom. The van der Waals surface area contributed by atoms with Gasteiger partial charge in [-0.05, 0) is 103 Å². The zero-order chi connectivity index (χ0) is 27.3. The Morgan fingerprint density at radius 1 is 0.500 bits per heavy atom. The van der Waals surface area contributed by atoms with Gasteiger partial charge in [0.15, 0.2) is 0 Å². The van der Waals surface area contributed by atoms with Crippen molar-refractivity contribution in [2.75, 3.05) is 0 Å². The van der Waals surface area contributed by atoms with Gasteiger partial charge in [0, 0.05) is 10.3 Å². The molecule has 0 heterocycles. The van der Waals surface area contributed by atoms with Crippen LogP contribution in [0.5, 0.6) is 0 Å². The van der Waals surface area contributed by atoms with E-state index in [1.165, 1.54) is 66.1 Å². The summed E-state index contributed by atoms with van der Waals surface area (Å²) >= 11 is 4.77. The molecule has 0 spiro atoms. The van der Waals surface area contributed by atoms with Crippen LogP contribution >= 0.6 is 12.6 Å². The monoisotopic (exact) mass is 534 g/mol. The van der Waals surface area contributed by atoms with E-state index < -0.39 is 0 Å². The largest absolute Gasteiger partial charge is 0.143 e. The highest BCUT2D eigenvalue weighted by atomic mass is 32.1. The van der Waals surface area contributed by atoms with Crippen LogP contribution < -0.4 is 0 Å². The van der Waals surface area contributed by atoms with Crippen LogP contribution in [0.3, 0.4) is 0 Å². The van der Waals surface area contributed by atoms with E-state index in [4.69, 9.17) is 12.6 Å². The summed E-state index contributed by atoms with van der Waals surface area (Å²) in [6, 6.07) is 43.0. The second-order valence-electron chi connectivity index (χ2n) is 11.3. The van der Waals surface area contributed by atoms with Gasteiger partial charge in [-0.25, -0.2) is 0 Å². The van der Waals surface area contributed by atoms with Crippen molar-refractivity contribution in [3.05, 3.63) is 126 Å². The minimum Gasteiger partial charge on any atom is -0.143 e. The minimum atomic E-state index is 0.0130. The van der Waals surface area contributed by atoms with Crippen molar-refractivity contribution in [3.8, 4) is 33.4 Å². The summed E-state index contributed by atoms with van der Waals surface area (Å²) in [4.78, 5) is 1.01. The fourth-order valence-electron chi connectivity index (χ4n) is 7.36. The van der Waals surface area contributed by atoms with Gasteiger partial charge < -0.3 is 0 Å². The lowest BCUT2D eigenvalue weighted by molar-refractivity contribution is 0.436. The van der Waals surface area contributed by atoms with E-state index in [2.05, 4.69) is 129 Å². The van der Waals surface area contributed by atoms with Crippen LogP contribution in [-0.2, 0) is 5.41 Å². The molecule has 0 aliphatic heterocycles. The summed E-state index contributed by atoms with van der Waals surface area (Å²) in [5.74, 6) is 0. The maximum absolute atomic E-state index is 4.77. The molecular formula is C39H34S. The average molecular weight is 535 g/mol. The van der Waals surface area contributed by atoms with Gasteiger partial charge in [0.2, 0.25) is 0 Å². The highest BCUT2D eigenvalue weighted by Crippen LogP contribution is 2.55. The fourth-order valence-corrected chi connectivity index (χ4v) is 7.63. The molecule has 0 bridgehead atoms. The highest BCUT2D eigenvalue weighted by molar-refractivity contribution is 7.80. The van der Waals surface area contributed by atoms with Crippen LogP contribution in [0.1, 0.15) is 50.7 Å². The Balaban J connectivity index is 1.45. The molecular weight excluding hydrogens is 500 g/mol. The first kappa shape index (κ1) is 25.2. The quantitative estimate of drug-likeness (QED) is 0.202. The Labute approximate surface area is 243 Å². The third kappa shape index (κ3) is 3.91. The molecule has 0 aromatic heterocycles. The maximum Gasteiger partial charge on any atom is 0.0215 e. The SMILES string of the molecule is CCCC1(CCC)c2cc(-c3cccc4ccccc34)ccc2-c2ccc(-c3cc(S)cc4ccccc34)cc21. The fraction of sp³-hybridized carbons (Fsp3) is 0.179. The van der Waals surface area contributed by atoms with Crippen molar-refractivity contribution in [1.82, 2.24) is 0 Å². The lowest BCUT2D eigenvalue weighted by Crippen LogP contribution is -2.25. The Morgan fingerprint density at radius 3 is 1.70 bits per heavy atom. The van der Waals surface area contributed by atoms with Crippen molar-refractivity contribution >= 4 is 34.2 Å². The Hall–Kier alpha value is -3.81.